The van der Waals surface area contributed by atoms with E-state index in [2.05, 4.69) is 0 Å². The van der Waals surface area contributed by atoms with Gasteiger partial charge in [-0.3, -0.25) is 4.79 Å². The quantitative estimate of drug-likeness (QED) is 0.449. The Morgan fingerprint density at radius 2 is 1.88 bits per heavy atom. The topological polar surface area (TPSA) is 37.3 Å². The first kappa shape index (κ1) is 10.7. The Balaban J connectivity index is 0. The van der Waals surface area contributed by atoms with Gasteiger partial charge in [-0.25, -0.2) is 0 Å². The van der Waals surface area contributed by atoms with Gasteiger partial charge in [-0.1, -0.05) is 0 Å². The van der Waals surface area contributed by atoms with Crippen molar-refractivity contribution in [3.8, 4) is 0 Å². The van der Waals surface area contributed by atoms with Crippen molar-refractivity contribution >= 4 is 5.78 Å². The van der Waals surface area contributed by atoms with Gasteiger partial charge >= 0.3 is 0 Å². The second-order valence-electron chi connectivity index (χ2n) is 1.40. The first-order chi connectivity index (χ1) is 3.13. The van der Waals surface area contributed by atoms with E-state index in [-0.39, 0.29) is 30.1 Å². The van der Waals surface area contributed by atoms with Crippen molar-refractivity contribution in [3.63, 3.8) is 0 Å². The summed E-state index contributed by atoms with van der Waals surface area (Å²) < 4.78 is 0. The van der Waals surface area contributed by atoms with Crippen molar-refractivity contribution in [1.29, 1.82) is 0 Å². The molecule has 0 aromatic rings. The average molecular weight is 151 g/mol. The van der Waals surface area contributed by atoms with Crippen molar-refractivity contribution in [2.24, 2.45) is 0 Å². The number of carbonyl (C=O) groups excluding carboxylic acids is 1. The monoisotopic (exact) mass is 151 g/mol. The maximum atomic E-state index is 10.0. The Morgan fingerprint density at radius 3 is 1.88 bits per heavy atom. The SMILES string of the molecule is CC(=O)C=C(C)O.[V]. The van der Waals surface area contributed by atoms with Crippen LogP contribution in [0.15, 0.2) is 11.8 Å². The Morgan fingerprint density at radius 1 is 1.50 bits per heavy atom. The molecule has 0 atom stereocenters. The summed E-state index contributed by atoms with van der Waals surface area (Å²) in [6.45, 7) is 2.85. The summed E-state index contributed by atoms with van der Waals surface area (Å²) in [5.74, 6) is -0.0625. The number of allylic oxidation sites excluding steroid dienone is 2. The summed E-state index contributed by atoms with van der Waals surface area (Å²) in [4.78, 5) is 10.0. The standard InChI is InChI=1S/C5H8O2.V/c1-4(6)3-5(2)7;/h3,6H,1-2H3;. The maximum Gasteiger partial charge on any atom is 0.155 e. The minimum atomic E-state index is -0.125. The van der Waals surface area contributed by atoms with E-state index in [1.165, 1.54) is 19.9 Å². The number of hydrogen-bond donors (Lipinski definition) is 1. The molecular weight excluding hydrogens is 143 g/mol. The van der Waals surface area contributed by atoms with Crippen LogP contribution in [-0.4, -0.2) is 10.9 Å². The Kier molecular flexibility index (Phi) is 6.62. The molecule has 8 heavy (non-hydrogen) atoms. The molecule has 0 heterocycles. The molecule has 0 aliphatic heterocycles. The van der Waals surface area contributed by atoms with Gasteiger partial charge in [-0.05, 0) is 13.8 Å². The number of ketones is 1. The van der Waals surface area contributed by atoms with Gasteiger partial charge in [-0.2, -0.15) is 0 Å². The van der Waals surface area contributed by atoms with Crippen LogP contribution in [0.25, 0.3) is 0 Å². The molecule has 0 aromatic heterocycles. The summed E-state index contributed by atoms with van der Waals surface area (Å²) in [6, 6.07) is 0. The van der Waals surface area contributed by atoms with Gasteiger partial charge in [0.1, 0.15) is 0 Å². The van der Waals surface area contributed by atoms with Crippen molar-refractivity contribution in [2.75, 3.05) is 0 Å². The van der Waals surface area contributed by atoms with Crippen LogP contribution >= 0.6 is 0 Å². The van der Waals surface area contributed by atoms with Gasteiger partial charge < -0.3 is 5.11 Å². The molecule has 0 aromatic carbocycles. The molecule has 0 aliphatic carbocycles. The van der Waals surface area contributed by atoms with Crippen molar-refractivity contribution in [1.82, 2.24) is 0 Å². The van der Waals surface area contributed by atoms with E-state index in [9.17, 15) is 4.79 Å². The summed E-state index contributed by atoms with van der Waals surface area (Å²) in [6.07, 6.45) is 1.17. The number of hydrogen-bond acceptors (Lipinski definition) is 2. The normalized spacial score (nSPS) is 10.0. The van der Waals surface area contributed by atoms with Gasteiger partial charge in [0.15, 0.2) is 5.78 Å². The Hall–Kier alpha value is -0.206. The fourth-order valence-corrected chi connectivity index (χ4v) is 0.294. The van der Waals surface area contributed by atoms with Crippen LogP contribution in [0.5, 0.6) is 0 Å². The number of aliphatic hydroxyl groups excluding tert-OH is 1. The number of aliphatic hydroxyl groups is 1. The first-order valence-corrected chi connectivity index (χ1v) is 2.01. The Labute approximate surface area is 60.5 Å². The van der Waals surface area contributed by atoms with Crippen molar-refractivity contribution in [2.45, 2.75) is 13.8 Å². The van der Waals surface area contributed by atoms with Crippen LogP contribution in [0.4, 0.5) is 0 Å². The zero-order chi connectivity index (χ0) is 5.86. The molecule has 0 bridgehead atoms. The largest absolute Gasteiger partial charge is 0.512 e. The molecule has 3 heteroatoms. The van der Waals surface area contributed by atoms with E-state index in [1.807, 2.05) is 0 Å². The van der Waals surface area contributed by atoms with Gasteiger partial charge in [0.25, 0.3) is 0 Å². The molecule has 0 fully saturated rings. The minimum absolute atomic E-state index is 0. The molecule has 1 N–H and O–H groups in total. The molecule has 0 amide bonds. The van der Waals surface area contributed by atoms with Crippen LogP contribution in [-0.2, 0) is 23.4 Å². The first-order valence-electron chi connectivity index (χ1n) is 2.01. The summed E-state index contributed by atoms with van der Waals surface area (Å²) in [7, 11) is 0. The number of rotatable bonds is 1. The fourth-order valence-electron chi connectivity index (χ4n) is 0.294. The predicted octanol–water partition coefficient (Wildman–Crippen LogP) is 1.03. The third kappa shape index (κ3) is 9.25. The molecule has 1 radical (unpaired) electrons. The van der Waals surface area contributed by atoms with Crippen LogP contribution < -0.4 is 0 Å². The van der Waals surface area contributed by atoms with Crippen LogP contribution in [0.1, 0.15) is 13.8 Å². The van der Waals surface area contributed by atoms with Crippen LogP contribution in [0.3, 0.4) is 0 Å². The van der Waals surface area contributed by atoms with Crippen molar-refractivity contribution in [3.05, 3.63) is 11.8 Å². The smallest absolute Gasteiger partial charge is 0.155 e. The van der Waals surface area contributed by atoms with Gasteiger partial charge in [0.05, 0.1) is 5.76 Å². The number of carbonyl (C=O) groups is 1. The maximum absolute atomic E-state index is 10.0. The average Bonchev–Trinajstić information content (AvgIpc) is 1.27. The molecule has 0 aliphatic rings. The molecule has 0 saturated heterocycles. The molecule has 0 unspecified atom stereocenters. The minimum Gasteiger partial charge on any atom is -0.512 e. The fraction of sp³-hybridized carbons (Fsp3) is 0.400. The zero-order valence-electron chi connectivity index (χ0n) is 4.88. The molecule has 45 valence electrons. The summed E-state index contributed by atoms with van der Waals surface area (Å²) >= 11 is 0. The molecule has 0 saturated carbocycles. The summed E-state index contributed by atoms with van der Waals surface area (Å²) in [5, 5.41) is 8.36. The molecule has 0 spiro atoms. The molecular formula is C5H8O2V. The second kappa shape index (κ2) is 4.94. The predicted molar refractivity (Wildman–Crippen MR) is 27.1 cm³/mol. The third-order valence-corrected chi connectivity index (χ3v) is 0.412. The molecule has 0 rings (SSSR count). The van der Waals surface area contributed by atoms with E-state index in [0.29, 0.717) is 0 Å². The van der Waals surface area contributed by atoms with E-state index in [0.717, 1.165) is 0 Å². The molecule has 2 nitrogen and oxygen atoms in total. The van der Waals surface area contributed by atoms with E-state index in [4.69, 9.17) is 5.11 Å². The third-order valence-electron chi connectivity index (χ3n) is 0.412. The van der Waals surface area contributed by atoms with Gasteiger partial charge in [0, 0.05) is 24.6 Å². The van der Waals surface area contributed by atoms with E-state index < -0.39 is 0 Å². The van der Waals surface area contributed by atoms with Crippen molar-refractivity contribution < 1.29 is 28.5 Å². The summed E-state index contributed by atoms with van der Waals surface area (Å²) in [5.41, 5.74) is 0. The van der Waals surface area contributed by atoms with Crippen LogP contribution in [0, 0.1) is 0 Å². The Bertz CT molecular complexity index is 103. The zero-order valence-corrected chi connectivity index (χ0v) is 6.28. The second-order valence-corrected chi connectivity index (χ2v) is 1.40. The van der Waals surface area contributed by atoms with Crippen LogP contribution in [0.2, 0.25) is 0 Å². The van der Waals surface area contributed by atoms with Gasteiger partial charge in [-0.15, -0.1) is 0 Å². The van der Waals surface area contributed by atoms with Gasteiger partial charge in [0.2, 0.25) is 0 Å². The van der Waals surface area contributed by atoms with E-state index >= 15 is 0 Å². The van der Waals surface area contributed by atoms with E-state index in [1.54, 1.807) is 0 Å².